The zero-order valence-electron chi connectivity index (χ0n) is 21.5. The van der Waals surface area contributed by atoms with Gasteiger partial charge in [-0.25, -0.2) is 4.39 Å². The summed E-state index contributed by atoms with van der Waals surface area (Å²) in [6.45, 7) is 4.76. The van der Waals surface area contributed by atoms with Crippen molar-refractivity contribution in [1.82, 2.24) is 10.2 Å². The SMILES string of the molecule is CN[C@H](C)[C@H](CC1CCCCC1)N1CCC[C@@H]([C@](O)(CCCCOC)c2cccc(Cl)c2F)C1. The van der Waals surface area contributed by atoms with Crippen molar-refractivity contribution >= 4 is 11.6 Å². The topological polar surface area (TPSA) is 44.7 Å². The lowest BCUT2D eigenvalue weighted by molar-refractivity contribution is -0.0731. The summed E-state index contributed by atoms with van der Waals surface area (Å²) in [7, 11) is 3.74. The third-order valence-electron chi connectivity index (χ3n) is 8.50. The highest BCUT2D eigenvalue weighted by Gasteiger charge is 2.43. The molecule has 4 nitrogen and oxygen atoms in total. The summed E-state index contributed by atoms with van der Waals surface area (Å²) in [5.41, 5.74) is -0.880. The molecule has 6 heteroatoms. The molecule has 1 aromatic carbocycles. The Balaban J connectivity index is 1.83. The predicted octanol–water partition coefficient (Wildman–Crippen LogP) is 6.14. The molecule has 1 aliphatic heterocycles. The van der Waals surface area contributed by atoms with E-state index in [1.807, 2.05) is 7.05 Å². The lowest BCUT2D eigenvalue weighted by Gasteiger charge is -2.47. The summed E-state index contributed by atoms with van der Waals surface area (Å²) in [4.78, 5) is 2.59. The summed E-state index contributed by atoms with van der Waals surface area (Å²) in [5, 5.41) is 15.7. The summed E-state index contributed by atoms with van der Waals surface area (Å²) < 4.78 is 20.5. The van der Waals surface area contributed by atoms with Gasteiger partial charge in [0.05, 0.1) is 10.6 Å². The van der Waals surface area contributed by atoms with Gasteiger partial charge in [0.1, 0.15) is 5.82 Å². The Morgan fingerprint density at radius 1 is 1.21 bits per heavy atom. The summed E-state index contributed by atoms with van der Waals surface area (Å²) in [5.74, 6) is 0.279. The molecule has 1 saturated heterocycles. The van der Waals surface area contributed by atoms with Gasteiger partial charge in [-0.1, -0.05) is 55.8 Å². The predicted molar refractivity (Wildman–Crippen MR) is 139 cm³/mol. The average molecular weight is 497 g/mol. The molecule has 3 rings (SSSR count). The molecule has 0 spiro atoms. The second kappa shape index (κ2) is 13.5. The Morgan fingerprint density at radius 3 is 2.68 bits per heavy atom. The van der Waals surface area contributed by atoms with Gasteiger partial charge < -0.3 is 15.2 Å². The second-order valence-corrected chi connectivity index (χ2v) is 11.1. The van der Waals surface area contributed by atoms with Crippen LogP contribution in [0.25, 0.3) is 0 Å². The molecule has 194 valence electrons. The van der Waals surface area contributed by atoms with E-state index in [4.69, 9.17) is 16.3 Å². The number of methoxy groups -OCH3 is 1. The number of rotatable bonds is 12. The van der Waals surface area contributed by atoms with Gasteiger partial charge in [-0.15, -0.1) is 0 Å². The number of nitrogens with one attached hydrogen (secondary N) is 1. The summed E-state index contributed by atoms with van der Waals surface area (Å²) >= 11 is 6.17. The number of likely N-dealkylation sites (tertiary alicyclic amines) is 1. The highest BCUT2D eigenvalue weighted by Crippen LogP contribution is 2.43. The monoisotopic (exact) mass is 496 g/mol. The van der Waals surface area contributed by atoms with Crippen LogP contribution in [0.1, 0.15) is 83.1 Å². The van der Waals surface area contributed by atoms with E-state index < -0.39 is 11.4 Å². The van der Waals surface area contributed by atoms with Gasteiger partial charge in [-0.2, -0.15) is 0 Å². The first kappa shape index (κ1) is 27.9. The number of ether oxygens (including phenoxy) is 1. The number of aliphatic hydroxyl groups is 1. The third-order valence-corrected chi connectivity index (χ3v) is 8.80. The van der Waals surface area contributed by atoms with E-state index in [-0.39, 0.29) is 10.9 Å². The minimum Gasteiger partial charge on any atom is -0.385 e. The Morgan fingerprint density at radius 2 is 1.97 bits per heavy atom. The van der Waals surface area contributed by atoms with Crippen molar-refractivity contribution in [2.75, 3.05) is 33.9 Å². The van der Waals surface area contributed by atoms with E-state index >= 15 is 4.39 Å². The van der Waals surface area contributed by atoms with E-state index in [1.165, 1.54) is 38.5 Å². The second-order valence-electron chi connectivity index (χ2n) is 10.7. The molecular weight excluding hydrogens is 451 g/mol. The quantitative estimate of drug-likeness (QED) is 0.341. The van der Waals surface area contributed by atoms with Crippen molar-refractivity contribution < 1.29 is 14.2 Å². The fourth-order valence-electron chi connectivity index (χ4n) is 6.36. The molecule has 0 radical (unpaired) electrons. The summed E-state index contributed by atoms with van der Waals surface area (Å²) in [6, 6.07) is 5.85. The molecule has 0 aromatic heterocycles. The van der Waals surface area contributed by atoms with E-state index in [9.17, 15) is 5.11 Å². The first-order valence-electron chi connectivity index (χ1n) is 13.5. The molecule has 1 saturated carbocycles. The molecule has 0 unspecified atom stereocenters. The van der Waals surface area contributed by atoms with Gasteiger partial charge in [-0.3, -0.25) is 4.90 Å². The number of nitrogens with zero attached hydrogens (tertiary/aromatic N) is 1. The van der Waals surface area contributed by atoms with Crippen LogP contribution in [-0.2, 0) is 10.3 Å². The van der Waals surface area contributed by atoms with Crippen LogP contribution in [0.4, 0.5) is 4.39 Å². The normalized spacial score (nSPS) is 24.0. The molecule has 1 aromatic rings. The molecule has 0 bridgehead atoms. The van der Waals surface area contributed by atoms with Gasteiger partial charge >= 0.3 is 0 Å². The average Bonchev–Trinajstić information content (AvgIpc) is 2.87. The minimum absolute atomic E-state index is 0.0327. The third kappa shape index (κ3) is 6.94. The number of piperidine rings is 1. The number of hydrogen-bond donors (Lipinski definition) is 2. The van der Waals surface area contributed by atoms with Crippen molar-refractivity contribution in [3.8, 4) is 0 Å². The van der Waals surface area contributed by atoms with Gasteiger partial charge in [0.25, 0.3) is 0 Å². The zero-order valence-corrected chi connectivity index (χ0v) is 22.3. The van der Waals surface area contributed by atoms with E-state index in [0.717, 1.165) is 44.7 Å². The first-order valence-corrected chi connectivity index (χ1v) is 13.9. The number of unbranched alkanes of at least 4 members (excludes halogenated alkanes) is 1. The molecular formula is C28H46ClFN2O2. The van der Waals surface area contributed by atoms with Crippen molar-refractivity contribution in [3.63, 3.8) is 0 Å². The van der Waals surface area contributed by atoms with Crippen LogP contribution >= 0.6 is 11.6 Å². The number of hydrogen-bond acceptors (Lipinski definition) is 4. The van der Waals surface area contributed by atoms with Crippen LogP contribution in [-0.4, -0.2) is 55.9 Å². The summed E-state index contributed by atoms with van der Waals surface area (Å²) in [6.07, 6.45) is 12.0. The van der Waals surface area contributed by atoms with Crippen LogP contribution in [0.3, 0.4) is 0 Å². The van der Waals surface area contributed by atoms with E-state index in [0.29, 0.717) is 30.7 Å². The lowest BCUT2D eigenvalue weighted by atomic mass is 9.73. The van der Waals surface area contributed by atoms with Crippen molar-refractivity contribution in [2.24, 2.45) is 11.8 Å². The van der Waals surface area contributed by atoms with Gasteiger partial charge in [0.15, 0.2) is 0 Å². The van der Waals surface area contributed by atoms with Crippen molar-refractivity contribution in [1.29, 1.82) is 0 Å². The van der Waals surface area contributed by atoms with Crippen LogP contribution in [0.2, 0.25) is 5.02 Å². The maximum Gasteiger partial charge on any atom is 0.147 e. The Labute approximate surface area is 211 Å². The highest BCUT2D eigenvalue weighted by molar-refractivity contribution is 6.30. The molecule has 4 atom stereocenters. The first-order chi connectivity index (χ1) is 16.4. The van der Waals surface area contributed by atoms with Crippen LogP contribution in [0.5, 0.6) is 0 Å². The zero-order chi connectivity index (χ0) is 24.6. The maximum absolute atomic E-state index is 15.2. The molecule has 34 heavy (non-hydrogen) atoms. The Hall–Kier alpha value is -0.720. The van der Waals surface area contributed by atoms with Crippen LogP contribution in [0.15, 0.2) is 18.2 Å². The standard InChI is InChI=1S/C28H46ClFN2O2/c1-21(31-2)26(19-22-11-5-4-6-12-22)32-17-10-13-23(20-32)28(33,16-7-8-18-34-3)24-14-9-15-25(29)27(24)30/h9,14-15,21-23,26,31,33H,4-8,10-13,16-20H2,1-3H3/t21-,23-,26+,28-/m1/s1. The molecule has 2 fully saturated rings. The lowest BCUT2D eigenvalue weighted by Crippen LogP contribution is -2.55. The molecule has 2 aliphatic rings. The number of likely N-dealkylation sites (N-methyl/N-ethyl adjacent to an activating group) is 1. The molecule has 1 aliphatic carbocycles. The number of benzene rings is 1. The van der Waals surface area contributed by atoms with Gasteiger partial charge in [0.2, 0.25) is 0 Å². The van der Waals surface area contributed by atoms with Crippen molar-refractivity contribution in [3.05, 3.63) is 34.6 Å². The smallest absolute Gasteiger partial charge is 0.147 e. The van der Waals surface area contributed by atoms with Gasteiger partial charge in [-0.05, 0) is 71.0 Å². The molecule has 2 N–H and O–H groups in total. The Kier molecular flexibility index (Phi) is 11.1. The largest absolute Gasteiger partial charge is 0.385 e. The number of halogens is 2. The maximum atomic E-state index is 15.2. The Bertz CT molecular complexity index is 745. The van der Waals surface area contributed by atoms with Crippen LogP contribution in [0, 0.1) is 17.7 Å². The minimum atomic E-state index is -1.24. The van der Waals surface area contributed by atoms with Gasteiger partial charge in [0, 0.05) is 43.8 Å². The van der Waals surface area contributed by atoms with E-state index in [1.54, 1.807) is 25.3 Å². The fourth-order valence-corrected chi connectivity index (χ4v) is 6.54. The molecule has 1 heterocycles. The fraction of sp³-hybridized carbons (Fsp3) is 0.786. The van der Waals surface area contributed by atoms with E-state index in [2.05, 4.69) is 17.1 Å². The highest BCUT2D eigenvalue weighted by atomic mass is 35.5. The van der Waals surface area contributed by atoms with Crippen molar-refractivity contribution in [2.45, 2.75) is 95.2 Å². The van der Waals surface area contributed by atoms with Crippen LogP contribution < -0.4 is 5.32 Å². The molecule has 0 amide bonds.